The Hall–Kier alpha value is -2.10. The molecule has 3 rings (SSSR count). The van der Waals surface area contributed by atoms with E-state index in [4.69, 9.17) is 0 Å². The summed E-state index contributed by atoms with van der Waals surface area (Å²) < 4.78 is 0. The third-order valence-electron chi connectivity index (χ3n) is 9.47. The molecule has 0 saturated heterocycles. The Bertz CT molecular complexity index is 983. The SMILES string of the molecule is CC(=O)NC(C)(C)CC[C@]1(C)CC[C@]2(C)\C3=C/C=C/C(C)=C(/O)C(=O)/C=C/[C@]3(C)CC[C@@]2(C)C1. The van der Waals surface area contributed by atoms with Crippen molar-refractivity contribution in [3.8, 4) is 0 Å². The fourth-order valence-corrected chi connectivity index (χ4v) is 7.02. The average molecular weight is 468 g/mol. The lowest BCUT2D eigenvalue weighted by molar-refractivity contribution is -0.120. The van der Waals surface area contributed by atoms with Gasteiger partial charge in [0.1, 0.15) is 0 Å². The topological polar surface area (TPSA) is 66.4 Å². The van der Waals surface area contributed by atoms with Crippen LogP contribution in [0.5, 0.6) is 0 Å². The molecule has 4 heteroatoms. The summed E-state index contributed by atoms with van der Waals surface area (Å²) in [6.07, 6.45) is 17.3. The number of hydrogen-bond donors (Lipinski definition) is 2. The lowest BCUT2D eigenvalue weighted by Gasteiger charge is -2.63. The second-order valence-electron chi connectivity index (χ2n) is 13.0. The maximum absolute atomic E-state index is 12.5. The van der Waals surface area contributed by atoms with Crippen molar-refractivity contribution in [2.75, 3.05) is 0 Å². The largest absolute Gasteiger partial charge is 0.504 e. The molecule has 2 saturated carbocycles. The number of carbonyl (C=O) groups excluding carboxylic acids is 2. The number of aliphatic hydroxyl groups is 1. The van der Waals surface area contributed by atoms with Gasteiger partial charge >= 0.3 is 0 Å². The number of amides is 1. The van der Waals surface area contributed by atoms with Gasteiger partial charge in [0.2, 0.25) is 11.7 Å². The molecule has 34 heavy (non-hydrogen) atoms. The van der Waals surface area contributed by atoms with Crippen LogP contribution in [0.3, 0.4) is 0 Å². The molecule has 188 valence electrons. The smallest absolute Gasteiger partial charge is 0.220 e. The second-order valence-corrected chi connectivity index (χ2v) is 13.0. The van der Waals surface area contributed by atoms with Crippen molar-refractivity contribution in [1.29, 1.82) is 0 Å². The fraction of sp³-hybridized carbons (Fsp3) is 0.667. The molecule has 4 atom stereocenters. The molecule has 0 aromatic heterocycles. The maximum Gasteiger partial charge on any atom is 0.220 e. The van der Waals surface area contributed by atoms with Crippen LogP contribution in [-0.4, -0.2) is 22.3 Å². The predicted molar refractivity (Wildman–Crippen MR) is 139 cm³/mol. The highest BCUT2D eigenvalue weighted by Gasteiger charge is 2.59. The van der Waals surface area contributed by atoms with Crippen molar-refractivity contribution in [3.63, 3.8) is 0 Å². The average Bonchev–Trinajstić information content (AvgIpc) is 2.73. The molecule has 2 N–H and O–H groups in total. The van der Waals surface area contributed by atoms with E-state index in [0.717, 1.165) is 44.9 Å². The Balaban J connectivity index is 1.93. The molecule has 0 aromatic rings. The van der Waals surface area contributed by atoms with Crippen molar-refractivity contribution in [3.05, 3.63) is 47.3 Å². The van der Waals surface area contributed by atoms with Crippen LogP contribution in [0.4, 0.5) is 0 Å². The van der Waals surface area contributed by atoms with Gasteiger partial charge in [0.15, 0.2) is 5.76 Å². The second kappa shape index (κ2) is 8.84. The molecule has 1 amide bonds. The van der Waals surface area contributed by atoms with Gasteiger partial charge in [-0.2, -0.15) is 0 Å². The zero-order valence-electron chi connectivity index (χ0n) is 22.6. The first-order valence-electron chi connectivity index (χ1n) is 12.9. The number of aliphatic hydroxyl groups excluding tert-OH is 1. The summed E-state index contributed by atoms with van der Waals surface area (Å²) >= 11 is 0. The minimum Gasteiger partial charge on any atom is -0.504 e. The van der Waals surface area contributed by atoms with E-state index in [0.29, 0.717) is 5.57 Å². The third-order valence-corrected chi connectivity index (χ3v) is 9.47. The Morgan fingerprint density at radius 3 is 2.41 bits per heavy atom. The molecule has 0 heterocycles. The van der Waals surface area contributed by atoms with Gasteiger partial charge in [-0.05, 0) is 93.6 Å². The lowest BCUT2D eigenvalue weighted by Crippen LogP contribution is -2.54. The number of carbonyl (C=O) groups is 2. The maximum atomic E-state index is 12.5. The highest BCUT2D eigenvalue weighted by molar-refractivity contribution is 6.02. The van der Waals surface area contributed by atoms with E-state index in [2.05, 4.69) is 52.9 Å². The first-order chi connectivity index (χ1) is 15.5. The van der Waals surface area contributed by atoms with Gasteiger partial charge in [0, 0.05) is 17.9 Å². The lowest BCUT2D eigenvalue weighted by atomic mass is 9.41. The van der Waals surface area contributed by atoms with Crippen LogP contribution in [0.25, 0.3) is 0 Å². The molecule has 4 nitrogen and oxygen atoms in total. The summed E-state index contributed by atoms with van der Waals surface area (Å²) in [5.41, 5.74) is 2.03. The number of rotatable bonds is 4. The van der Waals surface area contributed by atoms with E-state index in [9.17, 15) is 14.7 Å². The summed E-state index contributed by atoms with van der Waals surface area (Å²) in [6.45, 7) is 17.2. The molecule has 0 unspecified atom stereocenters. The number of fused-ring (bicyclic) bond motifs is 3. The molecular formula is C30H45NO3. The molecular weight excluding hydrogens is 422 g/mol. The van der Waals surface area contributed by atoms with E-state index >= 15 is 0 Å². The zero-order valence-corrected chi connectivity index (χ0v) is 22.6. The Morgan fingerprint density at radius 2 is 1.76 bits per heavy atom. The summed E-state index contributed by atoms with van der Waals surface area (Å²) in [5, 5.41) is 13.3. The van der Waals surface area contributed by atoms with Gasteiger partial charge in [-0.1, -0.05) is 57.6 Å². The number of ketones is 1. The Kier molecular flexibility index (Phi) is 6.89. The summed E-state index contributed by atoms with van der Waals surface area (Å²) in [4.78, 5) is 24.1. The Labute approximate surface area is 206 Å². The van der Waals surface area contributed by atoms with Crippen LogP contribution in [0.15, 0.2) is 47.3 Å². The summed E-state index contributed by atoms with van der Waals surface area (Å²) in [6, 6.07) is 0. The van der Waals surface area contributed by atoms with Crippen LogP contribution in [0, 0.1) is 21.7 Å². The van der Waals surface area contributed by atoms with E-state index in [1.54, 1.807) is 19.9 Å². The normalized spacial score (nSPS) is 42.0. The van der Waals surface area contributed by atoms with Crippen LogP contribution >= 0.6 is 0 Å². The third kappa shape index (κ3) is 4.97. The molecule has 0 spiro atoms. The first kappa shape index (κ1) is 26.5. The van der Waals surface area contributed by atoms with Gasteiger partial charge in [0.05, 0.1) is 0 Å². The van der Waals surface area contributed by atoms with Crippen molar-refractivity contribution >= 4 is 11.7 Å². The van der Waals surface area contributed by atoms with Gasteiger partial charge in [-0.3, -0.25) is 9.59 Å². The molecule has 0 bridgehead atoms. The van der Waals surface area contributed by atoms with Crippen LogP contribution in [0.2, 0.25) is 0 Å². The van der Waals surface area contributed by atoms with Gasteiger partial charge in [0.25, 0.3) is 0 Å². The van der Waals surface area contributed by atoms with Crippen molar-refractivity contribution in [2.45, 2.75) is 106 Å². The minimum absolute atomic E-state index is 0.0310. The summed E-state index contributed by atoms with van der Waals surface area (Å²) in [5.74, 6) is -0.456. The molecule has 0 radical (unpaired) electrons. The van der Waals surface area contributed by atoms with Gasteiger partial charge in [-0.25, -0.2) is 0 Å². The van der Waals surface area contributed by atoms with E-state index in [1.807, 2.05) is 18.2 Å². The first-order valence-corrected chi connectivity index (χ1v) is 12.9. The monoisotopic (exact) mass is 467 g/mol. The highest BCUT2D eigenvalue weighted by Crippen LogP contribution is 2.69. The molecule has 3 aliphatic rings. The van der Waals surface area contributed by atoms with Gasteiger partial charge < -0.3 is 10.4 Å². The standard InChI is InChI=1S/C30H45NO3/c1-21-10-9-11-24-28(6,13-12-23(33)25(21)34)17-18-29(7)20-27(5,16-19-30(24,29)8)15-14-26(3,4)31-22(2)32/h9-13,34H,14-20H2,1-8H3,(H,31,32)/b10-9+,13-12+,24-11-,25-21+/t27-,28-,29+,30-/m1/s1. The zero-order chi connectivity index (χ0) is 25.6. The molecule has 0 aliphatic heterocycles. The van der Waals surface area contributed by atoms with E-state index in [-0.39, 0.29) is 44.6 Å². The van der Waals surface area contributed by atoms with Crippen molar-refractivity contribution in [2.24, 2.45) is 21.7 Å². The van der Waals surface area contributed by atoms with E-state index < -0.39 is 0 Å². The van der Waals surface area contributed by atoms with Crippen molar-refractivity contribution in [1.82, 2.24) is 5.32 Å². The van der Waals surface area contributed by atoms with E-state index in [1.165, 1.54) is 5.57 Å². The fourth-order valence-electron chi connectivity index (χ4n) is 7.02. The molecule has 3 aliphatic carbocycles. The Morgan fingerprint density at radius 1 is 1.09 bits per heavy atom. The van der Waals surface area contributed by atoms with Crippen LogP contribution in [-0.2, 0) is 9.59 Å². The minimum atomic E-state index is -0.318. The molecule has 0 aromatic carbocycles. The number of allylic oxidation sites excluding steroid dienone is 7. The van der Waals surface area contributed by atoms with Crippen LogP contribution in [0.1, 0.15) is 100 Å². The van der Waals surface area contributed by atoms with Crippen LogP contribution < -0.4 is 5.32 Å². The highest BCUT2D eigenvalue weighted by atomic mass is 16.3. The van der Waals surface area contributed by atoms with Gasteiger partial charge in [-0.15, -0.1) is 0 Å². The predicted octanol–water partition coefficient (Wildman–Crippen LogP) is 7.14. The number of nitrogens with one attached hydrogen (secondary N) is 1. The summed E-state index contributed by atoms with van der Waals surface area (Å²) in [7, 11) is 0. The quantitative estimate of drug-likeness (QED) is 0.462. The van der Waals surface area contributed by atoms with Crippen molar-refractivity contribution < 1.29 is 14.7 Å². The number of hydrogen-bond acceptors (Lipinski definition) is 3. The molecule has 2 fully saturated rings.